The first-order valence-corrected chi connectivity index (χ1v) is 6.50. The van der Waals surface area contributed by atoms with Crippen molar-refractivity contribution in [3.63, 3.8) is 0 Å². The van der Waals surface area contributed by atoms with Gasteiger partial charge in [-0.05, 0) is 25.0 Å². The third-order valence-corrected chi connectivity index (χ3v) is 3.28. The summed E-state index contributed by atoms with van der Waals surface area (Å²) >= 11 is 0. The second kappa shape index (κ2) is 6.27. The van der Waals surface area contributed by atoms with E-state index >= 15 is 0 Å². The highest BCUT2D eigenvalue weighted by molar-refractivity contribution is 5.25. The molecule has 1 aliphatic heterocycles. The van der Waals surface area contributed by atoms with E-state index in [1.807, 2.05) is 6.07 Å². The van der Waals surface area contributed by atoms with Gasteiger partial charge in [0.15, 0.2) is 0 Å². The van der Waals surface area contributed by atoms with Gasteiger partial charge >= 0.3 is 0 Å². The molecule has 1 heterocycles. The number of ether oxygens (including phenoxy) is 1. The Bertz CT molecular complexity index is 397. The zero-order valence-corrected chi connectivity index (χ0v) is 10.9. The highest BCUT2D eigenvalue weighted by Crippen LogP contribution is 2.15. The molecule has 0 amide bonds. The number of benzene rings is 1. The van der Waals surface area contributed by atoms with Crippen LogP contribution in [0.5, 0.6) is 0 Å². The minimum Gasteiger partial charge on any atom is -0.377 e. The summed E-state index contributed by atoms with van der Waals surface area (Å²) in [7, 11) is 0. The number of halogens is 1. The molecule has 0 aromatic heterocycles. The standard InChI is InChI=1S/C14H21FN2O/c1-11-9-17(5-2-6-18-11)10-13-7-12(8-16)3-4-14(13)15/h3-4,7,11H,2,5-6,8-10,16H2,1H3. The average molecular weight is 252 g/mol. The Balaban J connectivity index is 2.07. The first-order chi connectivity index (χ1) is 8.69. The Morgan fingerprint density at radius 2 is 2.33 bits per heavy atom. The molecule has 1 aliphatic rings. The summed E-state index contributed by atoms with van der Waals surface area (Å²) in [5.41, 5.74) is 7.30. The van der Waals surface area contributed by atoms with Gasteiger partial charge in [0, 0.05) is 38.3 Å². The number of rotatable bonds is 3. The average Bonchev–Trinajstić information content (AvgIpc) is 2.56. The molecule has 1 atom stereocenters. The highest BCUT2D eigenvalue weighted by Gasteiger charge is 2.16. The van der Waals surface area contributed by atoms with Gasteiger partial charge in [0.05, 0.1) is 6.10 Å². The largest absolute Gasteiger partial charge is 0.377 e. The van der Waals surface area contributed by atoms with E-state index in [-0.39, 0.29) is 11.9 Å². The van der Waals surface area contributed by atoms with Gasteiger partial charge in [0.2, 0.25) is 0 Å². The highest BCUT2D eigenvalue weighted by atomic mass is 19.1. The van der Waals surface area contributed by atoms with E-state index in [4.69, 9.17) is 10.5 Å². The fourth-order valence-corrected chi connectivity index (χ4v) is 2.34. The van der Waals surface area contributed by atoms with E-state index in [0.717, 1.165) is 37.2 Å². The molecule has 0 saturated carbocycles. The molecule has 2 N–H and O–H groups in total. The third kappa shape index (κ3) is 3.51. The van der Waals surface area contributed by atoms with E-state index in [0.29, 0.717) is 13.1 Å². The molecule has 100 valence electrons. The van der Waals surface area contributed by atoms with E-state index in [1.165, 1.54) is 6.07 Å². The number of nitrogens with zero attached hydrogens (tertiary/aromatic N) is 1. The van der Waals surface area contributed by atoms with Crippen LogP contribution in [0.2, 0.25) is 0 Å². The summed E-state index contributed by atoms with van der Waals surface area (Å²) in [6, 6.07) is 5.12. The molecule has 0 spiro atoms. The molecule has 1 unspecified atom stereocenters. The topological polar surface area (TPSA) is 38.5 Å². The molecule has 18 heavy (non-hydrogen) atoms. The van der Waals surface area contributed by atoms with Gasteiger partial charge in [-0.1, -0.05) is 12.1 Å². The molecule has 4 heteroatoms. The van der Waals surface area contributed by atoms with Crippen LogP contribution in [0.1, 0.15) is 24.5 Å². The van der Waals surface area contributed by atoms with Gasteiger partial charge in [-0.2, -0.15) is 0 Å². The van der Waals surface area contributed by atoms with Gasteiger partial charge < -0.3 is 10.5 Å². The fraction of sp³-hybridized carbons (Fsp3) is 0.571. The lowest BCUT2D eigenvalue weighted by Crippen LogP contribution is -2.30. The molecule has 0 aliphatic carbocycles. The first-order valence-electron chi connectivity index (χ1n) is 6.50. The van der Waals surface area contributed by atoms with E-state index in [2.05, 4.69) is 11.8 Å². The van der Waals surface area contributed by atoms with Gasteiger partial charge in [-0.15, -0.1) is 0 Å². The lowest BCUT2D eigenvalue weighted by Gasteiger charge is -2.22. The van der Waals surface area contributed by atoms with Gasteiger partial charge in [0.1, 0.15) is 5.82 Å². The summed E-state index contributed by atoms with van der Waals surface area (Å²) < 4.78 is 19.4. The Labute approximate surface area is 108 Å². The maximum Gasteiger partial charge on any atom is 0.127 e. The lowest BCUT2D eigenvalue weighted by atomic mass is 10.1. The lowest BCUT2D eigenvalue weighted by molar-refractivity contribution is 0.0666. The van der Waals surface area contributed by atoms with Gasteiger partial charge in [-0.3, -0.25) is 4.90 Å². The van der Waals surface area contributed by atoms with Crippen molar-refractivity contribution in [1.29, 1.82) is 0 Å². The van der Waals surface area contributed by atoms with Crippen LogP contribution in [-0.2, 0) is 17.8 Å². The van der Waals surface area contributed by atoms with Crippen LogP contribution in [0.3, 0.4) is 0 Å². The predicted octanol–water partition coefficient (Wildman–Crippen LogP) is 1.90. The summed E-state index contributed by atoms with van der Waals surface area (Å²) in [6.07, 6.45) is 1.22. The van der Waals surface area contributed by atoms with E-state index in [1.54, 1.807) is 6.07 Å². The van der Waals surface area contributed by atoms with Crippen LogP contribution in [0.4, 0.5) is 4.39 Å². The monoisotopic (exact) mass is 252 g/mol. The van der Waals surface area contributed by atoms with Crippen molar-refractivity contribution < 1.29 is 9.13 Å². The SMILES string of the molecule is CC1CN(Cc2cc(CN)ccc2F)CCCO1. The molecular formula is C14H21FN2O. The molecule has 0 radical (unpaired) electrons. The normalized spacial score (nSPS) is 21.8. The molecule has 1 aromatic carbocycles. The molecule has 1 fully saturated rings. The van der Waals surface area contributed by atoms with Crippen LogP contribution in [0.25, 0.3) is 0 Å². The van der Waals surface area contributed by atoms with Crippen molar-refractivity contribution in [3.8, 4) is 0 Å². The fourth-order valence-electron chi connectivity index (χ4n) is 2.34. The molecule has 2 rings (SSSR count). The Kier molecular flexibility index (Phi) is 4.69. The van der Waals surface area contributed by atoms with Crippen molar-refractivity contribution in [3.05, 3.63) is 35.1 Å². The summed E-state index contributed by atoms with van der Waals surface area (Å²) in [6.45, 7) is 5.75. The summed E-state index contributed by atoms with van der Waals surface area (Å²) in [5.74, 6) is -0.148. The van der Waals surface area contributed by atoms with Crippen LogP contribution in [-0.4, -0.2) is 30.7 Å². The van der Waals surface area contributed by atoms with Crippen molar-refractivity contribution >= 4 is 0 Å². The molecular weight excluding hydrogens is 231 g/mol. The molecule has 1 saturated heterocycles. The van der Waals surface area contributed by atoms with Crippen molar-refractivity contribution in [1.82, 2.24) is 4.90 Å². The maximum absolute atomic E-state index is 13.8. The smallest absolute Gasteiger partial charge is 0.127 e. The van der Waals surface area contributed by atoms with E-state index < -0.39 is 0 Å². The van der Waals surface area contributed by atoms with Crippen LogP contribution < -0.4 is 5.73 Å². The minimum atomic E-state index is -0.148. The number of hydrogen-bond acceptors (Lipinski definition) is 3. The first kappa shape index (κ1) is 13.5. The predicted molar refractivity (Wildman–Crippen MR) is 69.6 cm³/mol. The second-order valence-corrected chi connectivity index (χ2v) is 4.90. The summed E-state index contributed by atoms with van der Waals surface area (Å²) in [5, 5.41) is 0. The van der Waals surface area contributed by atoms with Crippen LogP contribution in [0.15, 0.2) is 18.2 Å². The maximum atomic E-state index is 13.8. The Morgan fingerprint density at radius 1 is 1.50 bits per heavy atom. The van der Waals surface area contributed by atoms with Crippen molar-refractivity contribution in [2.45, 2.75) is 32.5 Å². The van der Waals surface area contributed by atoms with E-state index in [9.17, 15) is 4.39 Å². The van der Waals surface area contributed by atoms with Crippen molar-refractivity contribution in [2.75, 3.05) is 19.7 Å². The Morgan fingerprint density at radius 3 is 3.11 bits per heavy atom. The van der Waals surface area contributed by atoms with Crippen LogP contribution in [0, 0.1) is 5.82 Å². The van der Waals surface area contributed by atoms with Gasteiger partial charge in [-0.25, -0.2) is 4.39 Å². The third-order valence-electron chi connectivity index (χ3n) is 3.28. The van der Waals surface area contributed by atoms with Crippen LogP contribution >= 0.6 is 0 Å². The number of nitrogens with two attached hydrogens (primary N) is 1. The zero-order valence-electron chi connectivity index (χ0n) is 10.9. The quantitative estimate of drug-likeness (QED) is 0.893. The van der Waals surface area contributed by atoms with Crippen molar-refractivity contribution in [2.24, 2.45) is 5.73 Å². The minimum absolute atomic E-state index is 0.148. The Hall–Kier alpha value is -0.970. The van der Waals surface area contributed by atoms with Gasteiger partial charge in [0.25, 0.3) is 0 Å². The summed E-state index contributed by atoms with van der Waals surface area (Å²) in [4.78, 5) is 2.25. The molecule has 3 nitrogen and oxygen atoms in total. The zero-order chi connectivity index (χ0) is 13.0. The molecule has 0 bridgehead atoms. The number of hydrogen-bond donors (Lipinski definition) is 1. The second-order valence-electron chi connectivity index (χ2n) is 4.90. The molecule has 1 aromatic rings.